The Morgan fingerprint density at radius 3 is 1.75 bits per heavy atom. The van der Waals surface area contributed by atoms with Crippen molar-refractivity contribution in [2.24, 2.45) is 0 Å². The first-order valence-electron chi connectivity index (χ1n) is 2.26. The second kappa shape index (κ2) is 3.59. The summed E-state index contributed by atoms with van der Waals surface area (Å²) in [6, 6.07) is 9.87. The minimum Gasteiger partial charge on any atom is -0.199 e. The summed E-state index contributed by atoms with van der Waals surface area (Å²) < 4.78 is 0. The van der Waals surface area contributed by atoms with Gasteiger partial charge in [0.1, 0.15) is 0 Å². The first-order chi connectivity index (χ1) is 3.39. The van der Waals surface area contributed by atoms with Crippen LogP contribution in [0.4, 0.5) is 0 Å². The molecule has 44 valence electrons. The molecule has 0 aliphatic carbocycles. The van der Waals surface area contributed by atoms with Crippen LogP contribution in [0.2, 0.25) is 0 Å². The van der Waals surface area contributed by atoms with Gasteiger partial charge in [0.05, 0.1) is 0 Å². The van der Waals surface area contributed by atoms with Gasteiger partial charge in [0.25, 0.3) is 0 Å². The van der Waals surface area contributed by atoms with Gasteiger partial charge in [0, 0.05) is 17.1 Å². The van der Waals surface area contributed by atoms with Crippen LogP contribution < -0.4 is 0 Å². The topological polar surface area (TPSA) is 0 Å². The predicted molar refractivity (Wildman–Crippen MR) is 30.9 cm³/mol. The monoisotopic (exact) mass is 147 g/mol. The summed E-state index contributed by atoms with van der Waals surface area (Å²) in [5.74, 6) is 0. The largest absolute Gasteiger partial charge is 0.199 e. The fourth-order valence-corrected chi connectivity index (χ4v) is 0.478. The van der Waals surface area contributed by atoms with Crippen LogP contribution in [0, 0.1) is 6.92 Å². The standard InChI is InChI=1S/C7H7.Fe/c1-7-5-3-2-4-6-7;/h2-6H,1H2;/q-1;. The third-order valence-electron chi connectivity index (χ3n) is 0.843. The van der Waals surface area contributed by atoms with E-state index >= 15 is 0 Å². The summed E-state index contributed by atoms with van der Waals surface area (Å²) in [4.78, 5) is 0. The van der Waals surface area contributed by atoms with Crippen molar-refractivity contribution in [3.63, 3.8) is 0 Å². The molecule has 0 N–H and O–H groups in total. The molecule has 1 aromatic carbocycles. The van der Waals surface area contributed by atoms with Gasteiger partial charge in [-0.15, -0.1) is 12.1 Å². The molecule has 1 rings (SSSR count). The maximum Gasteiger partial charge on any atom is 0 e. The third-order valence-corrected chi connectivity index (χ3v) is 0.843. The first kappa shape index (κ1) is 7.61. The van der Waals surface area contributed by atoms with Gasteiger partial charge < -0.3 is 0 Å². The van der Waals surface area contributed by atoms with Crippen molar-refractivity contribution in [2.45, 2.75) is 0 Å². The van der Waals surface area contributed by atoms with E-state index in [9.17, 15) is 0 Å². The second-order valence-electron chi connectivity index (χ2n) is 1.49. The normalized spacial score (nSPS) is 7.50. The molecule has 0 aliphatic rings. The SMILES string of the molecule is [CH2-]c1ccccc1.[Fe]. The Labute approximate surface area is 60.4 Å². The molecule has 0 saturated carbocycles. The van der Waals surface area contributed by atoms with Crippen molar-refractivity contribution < 1.29 is 17.1 Å². The molecule has 0 bridgehead atoms. The van der Waals surface area contributed by atoms with Crippen LogP contribution in [0.3, 0.4) is 0 Å². The Hall–Kier alpha value is -0.391. The van der Waals surface area contributed by atoms with Crippen molar-refractivity contribution in [1.82, 2.24) is 0 Å². The summed E-state index contributed by atoms with van der Waals surface area (Å²) in [6.45, 7) is 3.72. The molecule has 0 unspecified atom stereocenters. The summed E-state index contributed by atoms with van der Waals surface area (Å²) >= 11 is 0. The Bertz CT molecular complexity index is 134. The van der Waals surface area contributed by atoms with E-state index < -0.39 is 0 Å². The summed E-state index contributed by atoms with van der Waals surface area (Å²) in [6.07, 6.45) is 0. The number of hydrogen-bond donors (Lipinski definition) is 0. The maximum absolute atomic E-state index is 3.72. The Morgan fingerprint density at radius 1 is 1.00 bits per heavy atom. The zero-order valence-electron chi connectivity index (χ0n) is 4.45. The zero-order valence-corrected chi connectivity index (χ0v) is 5.55. The Kier molecular flexibility index (Phi) is 3.42. The smallest absolute Gasteiger partial charge is 0 e. The van der Waals surface area contributed by atoms with E-state index in [2.05, 4.69) is 6.92 Å². The molecule has 8 heavy (non-hydrogen) atoms. The molecule has 0 aliphatic heterocycles. The van der Waals surface area contributed by atoms with Crippen LogP contribution in [-0.4, -0.2) is 0 Å². The van der Waals surface area contributed by atoms with E-state index in [0.29, 0.717) is 0 Å². The molecule has 0 fully saturated rings. The van der Waals surface area contributed by atoms with Gasteiger partial charge in [-0.3, -0.25) is 0 Å². The van der Waals surface area contributed by atoms with E-state index in [0.717, 1.165) is 5.56 Å². The maximum atomic E-state index is 3.72. The second-order valence-corrected chi connectivity index (χ2v) is 1.49. The predicted octanol–water partition coefficient (Wildman–Crippen LogP) is 1.87. The van der Waals surface area contributed by atoms with Crippen LogP contribution in [-0.2, 0) is 17.1 Å². The molecule has 0 aromatic heterocycles. The summed E-state index contributed by atoms with van der Waals surface area (Å²) in [7, 11) is 0. The Balaban J connectivity index is 0.000000490. The summed E-state index contributed by atoms with van der Waals surface area (Å²) in [5, 5.41) is 0. The van der Waals surface area contributed by atoms with E-state index in [1.165, 1.54) is 0 Å². The molecular weight excluding hydrogens is 140 g/mol. The van der Waals surface area contributed by atoms with Crippen LogP contribution in [0.1, 0.15) is 5.56 Å². The molecule has 0 nitrogen and oxygen atoms in total. The number of benzene rings is 1. The Morgan fingerprint density at radius 2 is 1.50 bits per heavy atom. The van der Waals surface area contributed by atoms with E-state index in [1.807, 2.05) is 30.3 Å². The van der Waals surface area contributed by atoms with E-state index in [-0.39, 0.29) is 17.1 Å². The van der Waals surface area contributed by atoms with Gasteiger partial charge >= 0.3 is 0 Å². The van der Waals surface area contributed by atoms with Crippen molar-refractivity contribution >= 4 is 0 Å². The number of hydrogen-bond acceptors (Lipinski definition) is 0. The molecule has 0 amide bonds. The molecule has 0 atom stereocenters. The van der Waals surface area contributed by atoms with Crippen molar-refractivity contribution in [2.75, 3.05) is 0 Å². The molecule has 0 saturated heterocycles. The minimum atomic E-state index is 0. The average molecular weight is 147 g/mol. The zero-order chi connectivity index (χ0) is 5.11. The van der Waals surface area contributed by atoms with Crippen LogP contribution >= 0.6 is 0 Å². The molecule has 0 spiro atoms. The summed E-state index contributed by atoms with van der Waals surface area (Å²) in [5.41, 5.74) is 1.07. The molecule has 1 aromatic rings. The first-order valence-corrected chi connectivity index (χ1v) is 2.26. The fourth-order valence-electron chi connectivity index (χ4n) is 0.478. The molecule has 0 heterocycles. The van der Waals surface area contributed by atoms with Crippen molar-refractivity contribution in [3.8, 4) is 0 Å². The number of rotatable bonds is 0. The van der Waals surface area contributed by atoms with Gasteiger partial charge in [-0.25, -0.2) is 0 Å². The van der Waals surface area contributed by atoms with Gasteiger partial charge in [-0.2, -0.15) is 24.6 Å². The molecule has 1 heteroatoms. The van der Waals surface area contributed by atoms with Gasteiger partial charge in [-0.05, 0) is 0 Å². The van der Waals surface area contributed by atoms with Gasteiger partial charge in [0.2, 0.25) is 0 Å². The van der Waals surface area contributed by atoms with Crippen LogP contribution in [0.25, 0.3) is 0 Å². The molecule has 0 radical (unpaired) electrons. The molecular formula is C7H7Fe-. The fraction of sp³-hybridized carbons (Fsp3) is 0. The average Bonchev–Trinajstić information content (AvgIpc) is 1.69. The van der Waals surface area contributed by atoms with Gasteiger partial charge in [0.15, 0.2) is 0 Å². The van der Waals surface area contributed by atoms with Gasteiger partial charge in [-0.1, -0.05) is 6.07 Å². The van der Waals surface area contributed by atoms with Crippen molar-refractivity contribution in [1.29, 1.82) is 0 Å². The third kappa shape index (κ3) is 2.06. The minimum absolute atomic E-state index is 0. The van der Waals surface area contributed by atoms with Crippen molar-refractivity contribution in [3.05, 3.63) is 42.8 Å². The van der Waals surface area contributed by atoms with Crippen LogP contribution in [0.5, 0.6) is 0 Å². The quantitative estimate of drug-likeness (QED) is 0.388. The van der Waals surface area contributed by atoms with E-state index in [1.54, 1.807) is 0 Å². The van der Waals surface area contributed by atoms with E-state index in [4.69, 9.17) is 0 Å². The van der Waals surface area contributed by atoms with Crippen LogP contribution in [0.15, 0.2) is 30.3 Å².